The van der Waals surface area contributed by atoms with Gasteiger partial charge in [-0.3, -0.25) is 4.79 Å². The van der Waals surface area contributed by atoms with E-state index in [1.807, 2.05) is 25.1 Å². The van der Waals surface area contributed by atoms with E-state index < -0.39 is 6.04 Å². The number of hydrogen-bond donors (Lipinski definition) is 1. The molecule has 1 aromatic rings. The van der Waals surface area contributed by atoms with E-state index in [2.05, 4.69) is 5.92 Å². The molecule has 0 spiro atoms. The number of carbonyl (C=O) groups is 1. The van der Waals surface area contributed by atoms with E-state index in [1.54, 1.807) is 7.11 Å². The molecule has 0 heterocycles. The van der Waals surface area contributed by atoms with Crippen molar-refractivity contribution in [3.8, 4) is 18.1 Å². The number of methoxy groups -OCH3 is 1. The molecule has 0 aliphatic carbocycles. The average Bonchev–Trinajstić information content (AvgIpc) is 2.29. The Morgan fingerprint density at radius 3 is 2.88 bits per heavy atom. The van der Waals surface area contributed by atoms with Gasteiger partial charge in [0, 0.05) is 18.4 Å². The molecule has 0 radical (unpaired) electrons. The number of terminal acetylenes is 1. The number of Topliss-reactive ketones (excluding diaryl/α,β-unsaturated/α-hetero) is 1. The van der Waals surface area contributed by atoms with Crippen LogP contribution >= 0.6 is 0 Å². The van der Waals surface area contributed by atoms with Gasteiger partial charge in [0.1, 0.15) is 5.75 Å². The van der Waals surface area contributed by atoms with Crippen molar-refractivity contribution in [3.05, 3.63) is 29.3 Å². The third-order valence-electron chi connectivity index (χ3n) is 2.55. The van der Waals surface area contributed by atoms with Crippen molar-refractivity contribution >= 4 is 5.78 Å². The number of benzene rings is 1. The zero-order valence-corrected chi connectivity index (χ0v) is 10.2. The predicted molar refractivity (Wildman–Crippen MR) is 67.9 cm³/mol. The molecule has 2 N–H and O–H groups in total. The second-order valence-electron chi connectivity index (χ2n) is 3.97. The fourth-order valence-corrected chi connectivity index (χ4v) is 1.61. The molecule has 3 nitrogen and oxygen atoms in total. The minimum absolute atomic E-state index is 0.0631. The van der Waals surface area contributed by atoms with Crippen molar-refractivity contribution in [3.63, 3.8) is 0 Å². The lowest BCUT2D eigenvalue weighted by atomic mass is 10.0. The van der Waals surface area contributed by atoms with Crippen LogP contribution in [0.3, 0.4) is 0 Å². The lowest BCUT2D eigenvalue weighted by molar-refractivity contribution is -0.119. The molecule has 0 saturated carbocycles. The zero-order valence-electron chi connectivity index (χ0n) is 10.2. The van der Waals surface area contributed by atoms with E-state index in [9.17, 15) is 4.79 Å². The standard InChI is InChI=1S/C14H17NO2/c1-4-5-12(15)13(16)9-11-8-10(2)6-7-14(11)17-3/h1,6-8,12H,5,9,15H2,2-3H3. The first-order valence-corrected chi connectivity index (χ1v) is 5.43. The van der Waals surface area contributed by atoms with Gasteiger partial charge in [-0.2, -0.15) is 0 Å². The quantitative estimate of drug-likeness (QED) is 0.781. The molecule has 17 heavy (non-hydrogen) atoms. The molecule has 3 heteroatoms. The number of nitrogens with two attached hydrogens (primary N) is 1. The number of carbonyl (C=O) groups excluding carboxylic acids is 1. The van der Waals surface area contributed by atoms with Crippen molar-refractivity contribution in [1.29, 1.82) is 0 Å². The van der Waals surface area contributed by atoms with Gasteiger partial charge in [0.05, 0.1) is 13.2 Å². The van der Waals surface area contributed by atoms with Crippen molar-refractivity contribution in [2.75, 3.05) is 7.11 Å². The normalized spacial score (nSPS) is 11.6. The fraction of sp³-hybridized carbons (Fsp3) is 0.357. The van der Waals surface area contributed by atoms with Gasteiger partial charge in [-0.25, -0.2) is 0 Å². The highest BCUT2D eigenvalue weighted by Crippen LogP contribution is 2.20. The molecule has 0 fully saturated rings. The van der Waals surface area contributed by atoms with Crippen LogP contribution in [0.5, 0.6) is 5.75 Å². The summed E-state index contributed by atoms with van der Waals surface area (Å²) in [5.74, 6) is 3.04. The monoisotopic (exact) mass is 231 g/mol. The Kier molecular flexibility index (Phi) is 4.74. The molecule has 1 rings (SSSR count). The zero-order chi connectivity index (χ0) is 12.8. The van der Waals surface area contributed by atoms with Gasteiger partial charge in [-0.15, -0.1) is 12.3 Å². The molecule has 0 saturated heterocycles. The molecular formula is C14H17NO2. The van der Waals surface area contributed by atoms with E-state index in [0.29, 0.717) is 5.75 Å². The van der Waals surface area contributed by atoms with Crippen molar-refractivity contribution in [2.24, 2.45) is 5.73 Å². The maximum absolute atomic E-state index is 11.8. The first kappa shape index (κ1) is 13.3. The van der Waals surface area contributed by atoms with Gasteiger partial charge in [-0.05, 0) is 13.0 Å². The molecule has 0 aromatic heterocycles. The number of ether oxygens (including phenoxy) is 1. The minimum atomic E-state index is -0.592. The summed E-state index contributed by atoms with van der Waals surface area (Å²) >= 11 is 0. The van der Waals surface area contributed by atoms with Crippen molar-refractivity contribution < 1.29 is 9.53 Å². The van der Waals surface area contributed by atoms with Gasteiger partial charge in [0.2, 0.25) is 0 Å². The lowest BCUT2D eigenvalue weighted by Gasteiger charge is -2.11. The molecule has 0 amide bonds. The van der Waals surface area contributed by atoms with Crippen LogP contribution in [0, 0.1) is 19.3 Å². The first-order valence-electron chi connectivity index (χ1n) is 5.43. The Hall–Kier alpha value is -1.79. The maximum Gasteiger partial charge on any atom is 0.154 e. The predicted octanol–water partition coefficient (Wildman–Crippen LogP) is 1.47. The minimum Gasteiger partial charge on any atom is -0.496 e. The summed E-state index contributed by atoms with van der Waals surface area (Å²) in [6, 6.07) is 5.13. The highest BCUT2D eigenvalue weighted by molar-refractivity contribution is 5.86. The SMILES string of the molecule is C#CCC(N)C(=O)Cc1cc(C)ccc1OC. The topological polar surface area (TPSA) is 52.3 Å². The summed E-state index contributed by atoms with van der Waals surface area (Å²) in [7, 11) is 1.58. The first-order chi connectivity index (χ1) is 8.08. The average molecular weight is 231 g/mol. The molecule has 1 atom stereocenters. The van der Waals surface area contributed by atoms with E-state index >= 15 is 0 Å². The van der Waals surface area contributed by atoms with E-state index in [1.165, 1.54) is 0 Å². The van der Waals surface area contributed by atoms with E-state index in [-0.39, 0.29) is 18.6 Å². The summed E-state index contributed by atoms with van der Waals surface area (Å²) in [5.41, 5.74) is 7.61. The molecule has 0 bridgehead atoms. The molecule has 0 aliphatic heterocycles. The van der Waals surface area contributed by atoms with Crippen LogP contribution in [0.4, 0.5) is 0 Å². The number of ketones is 1. The number of rotatable bonds is 5. The summed E-state index contributed by atoms with van der Waals surface area (Å²) < 4.78 is 5.21. The van der Waals surface area contributed by atoms with Crippen LogP contribution in [0.15, 0.2) is 18.2 Å². The summed E-state index contributed by atoms with van der Waals surface area (Å²) in [6.07, 6.45) is 5.66. The van der Waals surface area contributed by atoms with Gasteiger partial charge < -0.3 is 10.5 Å². The van der Waals surface area contributed by atoms with Crippen molar-refractivity contribution in [2.45, 2.75) is 25.8 Å². The van der Waals surface area contributed by atoms with Crippen LogP contribution in [-0.2, 0) is 11.2 Å². The van der Waals surface area contributed by atoms with Crippen LogP contribution in [0.25, 0.3) is 0 Å². The second-order valence-corrected chi connectivity index (χ2v) is 3.97. The van der Waals surface area contributed by atoms with Crippen molar-refractivity contribution in [1.82, 2.24) is 0 Å². The number of hydrogen-bond acceptors (Lipinski definition) is 3. The third-order valence-corrected chi connectivity index (χ3v) is 2.55. The smallest absolute Gasteiger partial charge is 0.154 e. The number of aryl methyl sites for hydroxylation is 1. The summed E-state index contributed by atoms with van der Waals surface area (Å²) in [5, 5.41) is 0. The van der Waals surface area contributed by atoms with Gasteiger partial charge in [0.15, 0.2) is 5.78 Å². The highest BCUT2D eigenvalue weighted by atomic mass is 16.5. The van der Waals surface area contributed by atoms with Gasteiger partial charge in [0.25, 0.3) is 0 Å². The van der Waals surface area contributed by atoms with Crippen LogP contribution in [-0.4, -0.2) is 18.9 Å². The molecule has 1 unspecified atom stereocenters. The van der Waals surface area contributed by atoms with E-state index in [4.69, 9.17) is 16.9 Å². The van der Waals surface area contributed by atoms with E-state index in [0.717, 1.165) is 11.1 Å². The second kappa shape index (κ2) is 6.07. The fourth-order valence-electron chi connectivity index (χ4n) is 1.61. The molecule has 0 aliphatic rings. The van der Waals surface area contributed by atoms with Gasteiger partial charge in [-0.1, -0.05) is 17.7 Å². The molecule has 90 valence electrons. The Labute approximate surface area is 102 Å². The summed E-state index contributed by atoms with van der Waals surface area (Å²) in [4.78, 5) is 11.8. The maximum atomic E-state index is 11.8. The van der Waals surface area contributed by atoms with Gasteiger partial charge >= 0.3 is 0 Å². The molecule has 1 aromatic carbocycles. The molecular weight excluding hydrogens is 214 g/mol. The Morgan fingerprint density at radius 1 is 1.59 bits per heavy atom. The Balaban J connectivity index is 2.84. The summed E-state index contributed by atoms with van der Waals surface area (Å²) in [6.45, 7) is 1.97. The van der Waals surface area contributed by atoms with Crippen LogP contribution in [0.2, 0.25) is 0 Å². The van der Waals surface area contributed by atoms with Crippen LogP contribution < -0.4 is 10.5 Å². The Bertz CT molecular complexity index is 446. The largest absolute Gasteiger partial charge is 0.496 e. The lowest BCUT2D eigenvalue weighted by Crippen LogP contribution is -2.31. The highest BCUT2D eigenvalue weighted by Gasteiger charge is 2.15. The third kappa shape index (κ3) is 3.61. The Morgan fingerprint density at radius 2 is 2.29 bits per heavy atom. The van der Waals surface area contributed by atoms with Crippen LogP contribution in [0.1, 0.15) is 17.5 Å².